The fraction of sp³-hybridized carbons (Fsp3) is 0.444. The molecule has 3 heteroatoms. The van der Waals surface area contributed by atoms with Crippen LogP contribution in [-0.4, -0.2) is 16.0 Å². The minimum atomic E-state index is 0.453. The van der Waals surface area contributed by atoms with Crippen LogP contribution < -0.4 is 5.32 Å². The molecule has 0 unspecified atom stereocenters. The lowest BCUT2D eigenvalue weighted by Crippen LogP contribution is -2.22. The van der Waals surface area contributed by atoms with Crippen molar-refractivity contribution in [2.24, 2.45) is 0 Å². The van der Waals surface area contributed by atoms with Crippen molar-refractivity contribution in [2.45, 2.75) is 53.1 Å². The van der Waals surface area contributed by atoms with Gasteiger partial charge in [0.15, 0.2) is 5.82 Å². The Morgan fingerprint density at radius 1 is 1.00 bits per heavy atom. The van der Waals surface area contributed by atoms with Gasteiger partial charge in [0.05, 0.1) is 5.69 Å². The Kier molecular flexibility index (Phi) is 5.07. The Hall–Kier alpha value is -1.74. The average molecular weight is 283 g/mol. The third-order valence-corrected chi connectivity index (χ3v) is 3.43. The first-order valence-electron chi connectivity index (χ1n) is 7.64. The predicted molar refractivity (Wildman–Crippen MR) is 88.3 cm³/mol. The first-order chi connectivity index (χ1) is 9.95. The Morgan fingerprint density at radius 3 is 2.24 bits per heavy atom. The van der Waals surface area contributed by atoms with Crippen LogP contribution in [0.2, 0.25) is 0 Å². The van der Waals surface area contributed by atoms with Gasteiger partial charge in [-0.05, 0) is 24.5 Å². The van der Waals surface area contributed by atoms with Gasteiger partial charge in [-0.2, -0.15) is 0 Å². The highest BCUT2D eigenvalue weighted by atomic mass is 14.9. The van der Waals surface area contributed by atoms with E-state index in [0.29, 0.717) is 12.0 Å². The summed E-state index contributed by atoms with van der Waals surface area (Å²) in [7, 11) is 0. The molecule has 112 valence electrons. The molecule has 0 radical (unpaired) electrons. The second kappa shape index (κ2) is 6.81. The molecule has 0 atom stereocenters. The number of nitrogens with one attached hydrogen (secondary N) is 1. The highest BCUT2D eigenvalue weighted by Crippen LogP contribution is 2.20. The third-order valence-electron chi connectivity index (χ3n) is 3.43. The Labute approximate surface area is 127 Å². The minimum Gasteiger partial charge on any atom is -0.309 e. The maximum Gasteiger partial charge on any atom is 0.159 e. The molecule has 1 N–H and O–H groups in total. The van der Waals surface area contributed by atoms with Gasteiger partial charge in [-0.25, -0.2) is 9.97 Å². The van der Waals surface area contributed by atoms with E-state index in [9.17, 15) is 0 Å². The summed E-state index contributed by atoms with van der Waals surface area (Å²) in [6.07, 6.45) is 0. The summed E-state index contributed by atoms with van der Waals surface area (Å²) in [5.74, 6) is 1.36. The number of hydrogen-bond acceptors (Lipinski definition) is 3. The van der Waals surface area contributed by atoms with E-state index in [0.717, 1.165) is 29.3 Å². The fourth-order valence-corrected chi connectivity index (χ4v) is 2.18. The lowest BCUT2D eigenvalue weighted by atomic mass is 10.0. The normalized spacial score (nSPS) is 11.4. The zero-order chi connectivity index (χ0) is 15.4. The summed E-state index contributed by atoms with van der Waals surface area (Å²) >= 11 is 0. The lowest BCUT2D eigenvalue weighted by Gasteiger charge is -2.10. The Morgan fingerprint density at radius 2 is 1.67 bits per heavy atom. The molecule has 1 aromatic carbocycles. The number of aryl methyl sites for hydroxylation is 1. The summed E-state index contributed by atoms with van der Waals surface area (Å²) in [5, 5.41) is 3.40. The first-order valence-corrected chi connectivity index (χ1v) is 7.64. The summed E-state index contributed by atoms with van der Waals surface area (Å²) in [6.45, 7) is 11.5. The zero-order valence-corrected chi connectivity index (χ0v) is 13.6. The number of benzene rings is 1. The van der Waals surface area contributed by atoms with E-state index in [2.05, 4.69) is 67.2 Å². The van der Waals surface area contributed by atoms with Gasteiger partial charge in [-0.15, -0.1) is 0 Å². The Balaban J connectivity index is 2.26. The minimum absolute atomic E-state index is 0.453. The van der Waals surface area contributed by atoms with Crippen LogP contribution in [0.15, 0.2) is 30.3 Å². The van der Waals surface area contributed by atoms with Gasteiger partial charge in [-0.3, -0.25) is 0 Å². The Bertz CT molecular complexity index is 586. The van der Waals surface area contributed by atoms with Crippen LogP contribution in [0.25, 0.3) is 11.4 Å². The van der Waals surface area contributed by atoms with Gasteiger partial charge >= 0.3 is 0 Å². The van der Waals surface area contributed by atoms with E-state index in [-0.39, 0.29) is 0 Å². The van der Waals surface area contributed by atoms with Crippen molar-refractivity contribution >= 4 is 0 Å². The fourth-order valence-electron chi connectivity index (χ4n) is 2.18. The molecule has 2 rings (SSSR count). The molecule has 1 aromatic heterocycles. The van der Waals surface area contributed by atoms with Gasteiger partial charge < -0.3 is 5.32 Å². The third kappa shape index (κ3) is 4.36. The monoisotopic (exact) mass is 283 g/mol. The molecule has 0 spiro atoms. The van der Waals surface area contributed by atoms with Crippen LogP contribution in [-0.2, 0) is 6.54 Å². The van der Waals surface area contributed by atoms with Gasteiger partial charge in [0.25, 0.3) is 0 Å². The van der Waals surface area contributed by atoms with Crippen molar-refractivity contribution in [3.8, 4) is 11.4 Å². The van der Waals surface area contributed by atoms with Gasteiger partial charge in [-0.1, -0.05) is 52.0 Å². The molecule has 0 saturated heterocycles. The molecular weight excluding hydrogens is 258 g/mol. The molecule has 3 nitrogen and oxygen atoms in total. The number of aromatic nitrogens is 2. The van der Waals surface area contributed by atoms with Crippen molar-refractivity contribution in [3.63, 3.8) is 0 Å². The van der Waals surface area contributed by atoms with Crippen LogP contribution in [0.1, 0.15) is 50.6 Å². The summed E-state index contributed by atoms with van der Waals surface area (Å²) < 4.78 is 0. The molecule has 0 aliphatic rings. The van der Waals surface area contributed by atoms with Crippen molar-refractivity contribution < 1.29 is 0 Å². The molecule has 0 fully saturated rings. The second-order valence-corrected chi connectivity index (χ2v) is 6.14. The van der Waals surface area contributed by atoms with E-state index in [1.54, 1.807) is 0 Å². The van der Waals surface area contributed by atoms with E-state index < -0.39 is 0 Å². The van der Waals surface area contributed by atoms with Crippen LogP contribution in [0.3, 0.4) is 0 Å². The summed E-state index contributed by atoms with van der Waals surface area (Å²) in [6, 6.07) is 11.1. The van der Waals surface area contributed by atoms with Crippen molar-refractivity contribution in [1.82, 2.24) is 15.3 Å². The topological polar surface area (TPSA) is 37.8 Å². The molecule has 0 aliphatic carbocycles. The van der Waals surface area contributed by atoms with Crippen LogP contribution >= 0.6 is 0 Å². The first kappa shape index (κ1) is 15.6. The lowest BCUT2D eigenvalue weighted by molar-refractivity contribution is 0.580. The van der Waals surface area contributed by atoms with Gasteiger partial charge in [0, 0.05) is 23.8 Å². The number of rotatable bonds is 5. The van der Waals surface area contributed by atoms with Crippen LogP contribution in [0, 0.1) is 6.92 Å². The SMILES string of the molecule is Cc1cc(CNC(C)C)nc(-c2ccc(C(C)C)cc2)n1. The van der Waals surface area contributed by atoms with Crippen LogP contribution in [0.5, 0.6) is 0 Å². The van der Waals surface area contributed by atoms with Gasteiger partial charge in [0.1, 0.15) is 0 Å². The largest absolute Gasteiger partial charge is 0.309 e. The van der Waals surface area contributed by atoms with E-state index in [1.807, 2.05) is 13.0 Å². The molecule has 1 heterocycles. The predicted octanol–water partition coefficient (Wildman–Crippen LogP) is 4.07. The van der Waals surface area contributed by atoms with Crippen molar-refractivity contribution in [1.29, 1.82) is 0 Å². The van der Waals surface area contributed by atoms with E-state index in [1.165, 1.54) is 5.56 Å². The second-order valence-electron chi connectivity index (χ2n) is 6.14. The average Bonchev–Trinajstić information content (AvgIpc) is 2.44. The van der Waals surface area contributed by atoms with E-state index >= 15 is 0 Å². The molecule has 21 heavy (non-hydrogen) atoms. The number of nitrogens with zero attached hydrogens (tertiary/aromatic N) is 2. The molecule has 2 aromatic rings. The zero-order valence-electron chi connectivity index (χ0n) is 13.6. The quantitative estimate of drug-likeness (QED) is 0.898. The smallest absolute Gasteiger partial charge is 0.159 e. The van der Waals surface area contributed by atoms with Gasteiger partial charge in [0.2, 0.25) is 0 Å². The highest BCUT2D eigenvalue weighted by molar-refractivity contribution is 5.55. The molecule has 0 aliphatic heterocycles. The molecule has 0 bridgehead atoms. The molecular formula is C18H25N3. The van der Waals surface area contributed by atoms with E-state index in [4.69, 9.17) is 0 Å². The summed E-state index contributed by atoms with van der Waals surface area (Å²) in [4.78, 5) is 9.24. The molecule has 0 saturated carbocycles. The van der Waals surface area contributed by atoms with Crippen LogP contribution in [0.4, 0.5) is 0 Å². The highest BCUT2D eigenvalue weighted by Gasteiger charge is 2.07. The number of hydrogen-bond donors (Lipinski definition) is 1. The maximum absolute atomic E-state index is 4.68. The standard InChI is InChI=1S/C18H25N3/c1-12(2)15-6-8-16(9-7-15)18-20-14(5)10-17(21-18)11-19-13(3)4/h6-10,12-13,19H,11H2,1-5H3. The summed E-state index contributed by atoms with van der Waals surface area (Å²) in [5.41, 5.74) is 4.47. The van der Waals surface area contributed by atoms with Crippen molar-refractivity contribution in [2.75, 3.05) is 0 Å². The maximum atomic E-state index is 4.68. The molecule has 0 amide bonds. The van der Waals surface area contributed by atoms with Crippen molar-refractivity contribution in [3.05, 3.63) is 47.3 Å².